The Morgan fingerprint density at radius 2 is 2.00 bits per heavy atom. The van der Waals surface area contributed by atoms with E-state index < -0.39 is 5.97 Å². The molecule has 0 unspecified atom stereocenters. The van der Waals surface area contributed by atoms with Crippen molar-refractivity contribution in [3.8, 4) is 0 Å². The van der Waals surface area contributed by atoms with Crippen molar-refractivity contribution in [2.45, 2.75) is 0 Å². The molecule has 0 aliphatic heterocycles. The van der Waals surface area contributed by atoms with E-state index in [0.29, 0.717) is 15.7 Å². The topological polar surface area (TPSA) is 49.3 Å². The molecule has 0 aliphatic carbocycles. The van der Waals surface area contributed by atoms with Crippen LogP contribution in [-0.4, -0.2) is 17.6 Å². The van der Waals surface area contributed by atoms with Gasteiger partial charge in [0.15, 0.2) is 0 Å². The summed E-state index contributed by atoms with van der Waals surface area (Å²) in [6, 6.07) is 3.28. The predicted octanol–water partition coefficient (Wildman–Crippen LogP) is 3.09. The van der Waals surface area contributed by atoms with Crippen molar-refractivity contribution in [2.75, 3.05) is 11.9 Å². The van der Waals surface area contributed by atoms with Crippen molar-refractivity contribution in [1.29, 1.82) is 0 Å². The fourth-order valence-corrected chi connectivity index (χ4v) is 2.00. The number of hydrogen-bond donors (Lipinski definition) is 2. The van der Waals surface area contributed by atoms with Crippen LogP contribution < -0.4 is 5.32 Å². The van der Waals surface area contributed by atoms with E-state index in [4.69, 9.17) is 28.3 Å². The molecule has 1 rings (SSSR count). The molecule has 0 aliphatic rings. The lowest BCUT2D eigenvalue weighted by molar-refractivity contribution is -0.134. The lowest BCUT2D eigenvalue weighted by atomic mass is 10.3. The maximum atomic E-state index is 10.3. The SMILES string of the molecule is O=C(O)CNc1cc(Cl)c(Cl)cc1I. The number of anilines is 1. The molecule has 0 saturated carbocycles. The van der Waals surface area contributed by atoms with Crippen LogP contribution in [0.1, 0.15) is 0 Å². The number of carboxylic acids is 1. The zero-order valence-corrected chi connectivity index (χ0v) is 10.5. The lowest BCUT2D eigenvalue weighted by Gasteiger charge is -2.07. The highest BCUT2D eigenvalue weighted by molar-refractivity contribution is 14.1. The number of carbonyl (C=O) groups is 1. The molecule has 0 bridgehead atoms. The highest BCUT2D eigenvalue weighted by atomic mass is 127. The van der Waals surface area contributed by atoms with E-state index in [1.807, 2.05) is 0 Å². The number of carboxylic acid groups (broad SMARTS) is 1. The molecule has 14 heavy (non-hydrogen) atoms. The van der Waals surface area contributed by atoms with Crippen LogP contribution in [0.2, 0.25) is 10.0 Å². The highest BCUT2D eigenvalue weighted by Gasteiger charge is 2.06. The fraction of sp³-hybridized carbons (Fsp3) is 0.125. The first-order valence-corrected chi connectivity index (χ1v) is 5.44. The Balaban J connectivity index is 2.87. The average Bonchev–Trinajstić information content (AvgIpc) is 2.09. The first-order chi connectivity index (χ1) is 6.50. The van der Waals surface area contributed by atoms with Gasteiger partial charge in [-0.2, -0.15) is 0 Å². The Labute approximate surface area is 105 Å². The van der Waals surface area contributed by atoms with Crippen molar-refractivity contribution in [1.82, 2.24) is 0 Å². The molecule has 1 aromatic carbocycles. The van der Waals surface area contributed by atoms with Gasteiger partial charge in [0.05, 0.1) is 10.0 Å². The zero-order chi connectivity index (χ0) is 10.7. The summed E-state index contributed by atoms with van der Waals surface area (Å²) in [5, 5.41) is 12.1. The van der Waals surface area contributed by atoms with Gasteiger partial charge in [0.25, 0.3) is 0 Å². The van der Waals surface area contributed by atoms with Crippen molar-refractivity contribution >= 4 is 57.4 Å². The summed E-state index contributed by atoms with van der Waals surface area (Å²) >= 11 is 13.6. The van der Waals surface area contributed by atoms with Gasteiger partial charge in [0, 0.05) is 9.26 Å². The van der Waals surface area contributed by atoms with Gasteiger partial charge >= 0.3 is 5.97 Å². The van der Waals surface area contributed by atoms with E-state index in [2.05, 4.69) is 27.9 Å². The van der Waals surface area contributed by atoms with E-state index in [0.717, 1.165) is 3.57 Å². The second-order valence-electron chi connectivity index (χ2n) is 2.49. The van der Waals surface area contributed by atoms with Crippen LogP contribution in [0.25, 0.3) is 0 Å². The quantitative estimate of drug-likeness (QED) is 0.653. The van der Waals surface area contributed by atoms with Gasteiger partial charge in [-0.25, -0.2) is 0 Å². The molecule has 3 nitrogen and oxygen atoms in total. The highest BCUT2D eigenvalue weighted by Crippen LogP contribution is 2.29. The fourth-order valence-electron chi connectivity index (χ4n) is 0.829. The first kappa shape index (κ1) is 11.9. The summed E-state index contributed by atoms with van der Waals surface area (Å²) in [5.74, 6) is -0.924. The van der Waals surface area contributed by atoms with Gasteiger partial charge in [-0.15, -0.1) is 0 Å². The molecule has 2 N–H and O–H groups in total. The van der Waals surface area contributed by atoms with Crippen LogP contribution in [0.4, 0.5) is 5.69 Å². The standard InChI is InChI=1S/C8H6Cl2INO2/c9-4-1-6(11)7(2-5(4)10)12-3-8(13)14/h1-2,12H,3H2,(H,13,14). The molecule has 0 aromatic heterocycles. The molecule has 0 saturated heterocycles. The number of nitrogens with one attached hydrogen (secondary N) is 1. The summed E-state index contributed by atoms with van der Waals surface area (Å²) in [7, 11) is 0. The maximum absolute atomic E-state index is 10.3. The normalized spacial score (nSPS) is 9.93. The monoisotopic (exact) mass is 345 g/mol. The third-order valence-electron chi connectivity index (χ3n) is 1.44. The average molecular weight is 346 g/mol. The minimum absolute atomic E-state index is 0.145. The van der Waals surface area contributed by atoms with Crippen molar-refractivity contribution in [3.05, 3.63) is 25.7 Å². The summed E-state index contributed by atoms with van der Waals surface area (Å²) in [6.07, 6.45) is 0. The van der Waals surface area contributed by atoms with Crippen molar-refractivity contribution in [3.63, 3.8) is 0 Å². The van der Waals surface area contributed by atoms with Crippen LogP contribution in [0.3, 0.4) is 0 Å². The van der Waals surface area contributed by atoms with Crippen molar-refractivity contribution in [2.24, 2.45) is 0 Å². The molecule has 0 spiro atoms. The number of hydrogen-bond acceptors (Lipinski definition) is 2. The number of aliphatic carboxylic acids is 1. The predicted molar refractivity (Wildman–Crippen MR) is 65.3 cm³/mol. The number of halogens is 3. The Morgan fingerprint density at radius 1 is 1.43 bits per heavy atom. The molecule has 0 atom stereocenters. The first-order valence-electron chi connectivity index (χ1n) is 3.61. The lowest BCUT2D eigenvalue weighted by Crippen LogP contribution is -2.13. The largest absolute Gasteiger partial charge is 0.480 e. The Hall–Kier alpha value is -0.200. The van der Waals surface area contributed by atoms with Crippen LogP contribution in [0.15, 0.2) is 12.1 Å². The zero-order valence-electron chi connectivity index (χ0n) is 6.85. The van der Waals surface area contributed by atoms with Crippen LogP contribution in [0.5, 0.6) is 0 Å². The van der Waals surface area contributed by atoms with E-state index in [9.17, 15) is 4.79 Å². The number of rotatable bonds is 3. The summed E-state index contributed by atoms with van der Waals surface area (Å²) in [4.78, 5) is 10.3. The molecule has 76 valence electrons. The smallest absolute Gasteiger partial charge is 0.322 e. The molecular formula is C8H6Cl2INO2. The third kappa shape index (κ3) is 3.18. The Bertz CT molecular complexity index is 371. The Kier molecular flexibility index (Phi) is 4.28. The minimum atomic E-state index is -0.924. The molecule has 6 heteroatoms. The van der Waals surface area contributed by atoms with Gasteiger partial charge < -0.3 is 10.4 Å². The van der Waals surface area contributed by atoms with E-state index in [1.165, 1.54) is 0 Å². The van der Waals surface area contributed by atoms with Gasteiger partial charge in [-0.05, 0) is 34.7 Å². The molecular weight excluding hydrogens is 340 g/mol. The van der Waals surface area contributed by atoms with E-state index in [1.54, 1.807) is 12.1 Å². The van der Waals surface area contributed by atoms with Gasteiger partial charge in [-0.1, -0.05) is 23.2 Å². The van der Waals surface area contributed by atoms with Gasteiger partial charge in [0.2, 0.25) is 0 Å². The molecule has 0 fully saturated rings. The molecule has 1 aromatic rings. The van der Waals surface area contributed by atoms with Gasteiger partial charge in [0.1, 0.15) is 6.54 Å². The summed E-state index contributed by atoms with van der Waals surface area (Å²) in [5.41, 5.74) is 0.669. The van der Waals surface area contributed by atoms with E-state index >= 15 is 0 Å². The van der Waals surface area contributed by atoms with Crippen LogP contribution in [0, 0.1) is 3.57 Å². The van der Waals surface area contributed by atoms with Crippen LogP contribution in [-0.2, 0) is 4.79 Å². The molecule has 0 radical (unpaired) electrons. The Morgan fingerprint density at radius 3 is 2.57 bits per heavy atom. The van der Waals surface area contributed by atoms with Crippen molar-refractivity contribution < 1.29 is 9.90 Å². The maximum Gasteiger partial charge on any atom is 0.322 e. The second-order valence-corrected chi connectivity index (χ2v) is 4.47. The summed E-state index contributed by atoms with van der Waals surface area (Å²) in [6.45, 7) is -0.145. The van der Waals surface area contributed by atoms with Gasteiger partial charge in [-0.3, -0.25) is 4.79 Å². The number of benzene rings is 1. The molecule has 0 heterocycles. The minimum Gasteiger partial charge on any atom is -0.480 e. The van der Waals surface area contributed by atoms with E-state index in [-0.39, 0.29) is 6.54 Å². The third-order valence-corrected chi connectivity index (χ3v) is 3.05. The summed E-state index contributed by atoms with van der Waals surface area (Å²) < 4.78 is 0.832. The molecule has 0 amide bonds. The second kappa shape index (κ2) is 5.04. The van der Waals surface area contributed by atoms with Crippen LogP contribution >= 0.6 is 45.8 Å².